The number of alkyl halides is 2. The fraction of sp³-hybridized carbons (Fsp3) is 0.0714. The van der Waals surface area contributed by atoms with E-state index >= 15 is 0 Å². The van der Waals surface area contributed by atoms with E-state index in [2.05, 4.69) is 5.10 Å². The number of rotatable bonds is 4. The molecule has 0 atom stereocenters. The Morgan fingerprint density at radius 2 is 1.87 bits per heavy atom. The summed E-state index contributed by atoms with van der Waals surface area (Å²) >= 11 is 1.44. The van der Waals surface area contributed by atoms with Gasteiger partial charge in [0, 0.05) is 10.9 Å². The summed E-state index contributed by atoms with van der Waals surface area (Å²) in [5.41, 5.74) is 1.38. The van der Waals surface area contributed by atoms with E-state index in [1.807, 2.05) is 10.8 Å². The molecule has 1 aromatic carbocycles. The third-order valence-corrected chi connectivity index (χ3v) is 4.79. The number of hydrogen-bond acceptors (Lipinski definition) is 4. The van der Waals surface area contributed by atoms with Crippen LogP contribution in [0.3, 0.4) is 0 Å². The molecule has 0 fully saturated rings. The third kappa shape index (κ3) is 3.16. The van der Waals surface area contributed by atoms with E-state index < -0.39 is 16.4 Å². The zero-order valence-electron chi connectivity index (χ0n) is 11.6. The van der Waals surface area contributed by atoms with Crippen LogP contribution in [0.25, 0.3) is 16.9 Å². The fourth-order valence-corrected chi connectivity index (χ4v) is 3.26. The molecule has 0 saturated carbocycles. The average Bonchev–Trinajstić information content (AvgIpc) is 3.15. The van der Waals surface area contributed by atoms with Crippen LogP contribution >= 0.6 is 11.3 Å². The van der Waals surface area contributed by atoms with Gasteiger partial charge in [-0.15, -0.1) is 0 Å². The van der Waals surface area contributed by atoms with E-state index in [0.29, 0.717) is 11.4 Å². The van der Waals surface area contributed by atoms with Gasteiger partial charge in [-0.25, -0.2) is 27.0 Å². The van der Waals surface area contributed by atoms with Crippen molar-refractivity contribution in [2.24, 2.45) is 5.14 Å². The average molecular weight is 355 g/mol. The maximum Gasteiger partial charge on any atom is 0.282 e. The highest BCUT2D eigenvalue weighted by atomic mass is 32.2. The molecule has 23 heavy (non-hydrogen) atoms. The Hall–Kier alpha value is -2.10. The van der Waals surface area contributed by atoms with Crippen molar-refractivity contribution in [3.05, 3.63) is 52.9 Å². The van der Waals surface area contributed by atoms with Crippen LogP contribution in [0.15, 0.2) is 52.1 Å². The number of nitrogens with two attached hydrogens (primary N) is 1. The number of thiophene rings is 1. The molecule has 9 heteroatoms. The molecule has 0 aliphatic rings. The summed E-state index contributed by atoms with van der Waals surface area (Å²) in [5.74, 6) is 0. The first-order valence-corrected chi connectivity index (χ1v) is 8.89. The number of primary sulfonamides is 1. The summed E-state index contributed by atoms with van der Waals surface area (Å²) in [4.78, 5) is -0.0560. The van der Waals surface area contributed by atoms with Gasteiger partial charge in [-0.2, -0.15) is 16.4 Å². The number of benzene rings is 1. The molecule has 0 radical (unpaired) electrons. The van der Waals surface area contributed by atoms with Crippen molar-refractivity contribution < 1.29 is 17.2 Å². The van der Waals surface area contributed by atoms with Gasteiger partial charge >= 0.3 is 0 Å². The topological polar surface area (TPSA) is 78.0 Å². The first-order valence-electron chi connectivity index (χ1n) is 6.40. The second-order valence-corrected chi connectivity index (χ2v) is 7.06. The number of nitrogens with zero attached hydrogens (tertiary/aromatic N) is 2. The molecule has 2 aromatic heterocycles. The summed E-state index contributed by atoms with van der Waals surface area (Å²) in [6.07, 6.45) is -2.70. The van der Waals surface area contributed by atoms with E-state index in [9.17, 15) is 17.2 Å². The maximum atomic E-state index is 13.0. The number of sulfonamides is 1. The minimum atomic E-state index is -3.81. The zero-order valence-corrected chi connectivity index (χ0v) is 13.2. The lowest BCUT2D eigenvalue weighted by Crippen LogP contribution is -2.12. The highest BCUT2D eigenvalue weighted by Crippen LogP contribution is 2.29. The largest absolute Gasteiger partial charge is 0.282 e. The Morgan fingerprint density at radius 3 is 2.39 bits per heavy atom. The van der Waals surface area contributed by atoms with Gasteiger partial charge < -0.3 is 0 Å². The second kappa shape index (κ2) is 5.84. The normalized spacial score (nSPS) is 12.0. The molecule has 0 amide bonds. The van der Waals surface area contributed by atoms with Gasteiger partial charge in [0.25, 0.3) is 6.43 Å². The lowest BCUT2D eigenvalue weighted by Gasteiger charge is -2.07. The fourth-order valence-electron chi connectivity index (χ4n) is 2.10. The molecular weight excluding hydrogens is 344 g/mol. The molecule has 5 nitrogen and oxygen atoms in total. The Labute approximate surface area is 135 Å². The van der Waals surface area contributed by atoms with E-state index in [1.54, 1.807) is 6.07 Å². The standard InChI is InChI=1S/C14H11F2N3O2S2/c15-14(16)12-7-13(9-5-6-22-8-9)19(18-12)10-1-3-11(4-2-10)23(17,20)21/h1-8,14H,(H2,17,20,21). The summed E-state index contributed by atoms with van der Waals surface area (Å²) in [6.45, 7) is 0. The van der Waals surface area contributed by atoms with Crippen molar-refractivity contribution in [2.45, 2.75) is 11.3 Å². The van der Waals surface area contributed by atoms with Crippen molar-refractivity contribution in [1.82, 2.24) is 9.78 Å². The number of aromatic nitrogens is 2. The van der Waals surface area contributed by atoms with Crippen LogP contribution < -0.4 is 5.14 Å². The molecule has 120 valence electrons. The molecule has 2 N–H and O–H groups in total. The van der Waals surface area contributed by atoms with Gasteiger partial charge in [-0.1, -0.05) is 0 Å². The van der Waals surface area contributed by atoms with Crippen LogP contribution in [0.4, 0.5) is 8.78 Å². The Kier molecular flexibility index (Phi) is 4.00. The highest BCUT2D eigenvalue weighted by Gasteiger charge is 2.18. The molecule has 0 spiro atoms. The molecule has 3 rings (SSSR count). The van der Waals surface area contributed by atoms with Gasteiger partial charge in [0.1, 0.15) is 5.69 Å². The van der Waals surface area contributed by atoms with Crippen molar-refractivity contribution >= 4 is 21.4 Å². The third-order valence-electron chi connectivity index (χ3n) is 3.18. The Bertz CT molecular complexity index is 918. The summed E-state index contributed by atoms with van der Waals surface area (Å²) in [7, 11) is -3.81. The van der Waals surface area contributed by atoms with Crippen LogP contribution in [0.5, 0.6) is 0 Å². The van der Waals surface area contributed by atoms with Crippen LogP contribution in [0.1, 0.15) is 12.1 Å². The maximum absolute atomic E-state index is 13.0. The zero-order chi connectivity index (χ0) is 16.6. The SMILES string of the molecule is NS(=O)(=O)c1ccc(-n2nc(C(F)F)cc2-c2ccsc2)cc1. The van der Waals surface area contributed by atoms with Crippen molar-refractivity contribution in [3.8, 4) is 16.9 Å². The lowest BCUT2D eigenvalue weighted by atomic mass is 10.2. The van der Waals surface area contributed by atoms with Crippen LogP contribution in [-0.4, -0.2) is 18.2 Å². The summed E-state index contributed by atoms with van der Waals surface area (Å²) in [6, 6.07) is 8.68. The summed E-state index contributed by atoms with van der Waals surface area (Å²) < 4.78 is 49.9. The van der Waals surface area contributed by atoms with Gasteiger partial charge in [-0.05, 0) is 41.8 Å². The molecule has 0 bridgehead atoms. The number of halogens is 2. The number of hydrogen-bond donors (Lipinski definition) is 1. The van der Waals surface area contributed by atoms with Gasteiger partial charge in [0.05, 0.1) is 16.3 Å². The molecular formula is C14H11F2N3O2S2. The predicted molar refractivity (Wildman–Crippen MR) is 83.2 cm³/mol. The molecule has 0 unspecified atom stereocenters. The van der Waals surface area contributed by atoms with E-state index in [1.165, 1.54) is 46.4 Å². The lowest BCUT2D eigenvalue weighted by molar-refractivity contribution is 0.145. The Balaban J connectivity index is 2.12. The van der Waals surface area contributed by atoms with Crippen LogP contribution in [-0.2, 0) is 10.0 Å². The van der Waals surface area contributed by atoms with Crippen LogP contribution in [0.2, 0.25) is 0 Å². The second-order valence-electron chi connectivity index (χ2n) is 4.72. The molecule has 0 saturated heterocycles. The van der Waals surface area contributed by atoms with Crippen molar-refractivity contribution in [1.29, 1.82) is 0 Å². The van der Waals surface area contributed by atoms with E-state index in [-0.39, 0.29) is 10.6 Å². The minimum Gasteiger partial charge on any atom is -0.233 e. The molecule has 0 aliphatic carbocycles. The van der Waals surface area contributed by atoms with Gasteiger partial charge in [-0.3, -0.25) is 0 Å². The molecule has 0 aliphatic heterocycles. The highest BCUT2D eigenvalue weighted by molar-refractivity contribution is 7.89. The van der Waals surface area contributed by atoms with Crippen molar-refractivity contribution in [3.63, 3.8) is 0 Å². The van der Waals surface area contributed by atoms with E-state index in [0.717, 1.165) is 5.56 Å². The molecule has 2 heterocycles. The van der Waals surface area contributed by atoms with Crippen molar-refractivity contribution in [2.75, 3.05) is 0 Å². The first-order chi connectivity index (χ1) is 10.9. The molecule has 3 aromatic rings. The Morgan fingerprint density at radius 1 is 1.17 bits per heavy atom. The smallest absolute Gasteiger partial charge is 0.233 e. The predicted octanol–water partition coefficient (Wildman–Crippen LogP) is 3.19. The quantitative estimate of drug-likeness (QED) is 0.781. The summed E-state index contributed by atoms with van der Waals surface area (Å²) in [5, 5.41) is 12.6. The van der Waals surface area contributed by atoms with Gasteiger partial charge in [0.2, 0.25) is 10.0 Å². The monoisotopic (exact) mass is 355 g/mol. The first kappa shape index (κ1) is 15.8. The van der Waals surface area contributed by atoms with Crippen LogP contribution in [0, 0.1) is 0 Å². The van der Waals surface area contributed by atoms with E-state index in [4.69, 9.17) is 5.14 Å². The minimum absolute atomic E-state index is 0.0560. The van der Waals surface area contributed by atoms with Gasteiger partial charge in [0.15, 0.2) is 0 Å².